The maximum Gasteiger partial charge on any atom is 0.326 e. The Morgan fingerprint density at radius 3 is 1.96 bits per heavy atom. The Balaban J connectivity index is 2.01. The number of benzene rings is 1. The molecular weight excluding hydrogens is 650 g/mol. The smallest absolute Gasteiger partial charge is 0.326 e. The predicted molar refractivity (Wildman–Crippen MR) is 178 cm³/mol. The minimum absolute atomic E-state index is 0.0564. The van der Waals surface area contributed by atoms with Gasteiger partial charge in [-0.05, 0) is 50.5 Å². The Kier molecular flexibility index (Phi) is 22.1. The molecule has 0 fully saturated rings. The van der Waals surface area contributed by atoms with Gasteiger partial charge in [0.2, 0.25) is 5.91 Å². The lowest BCUT2D eigenvalue weighted by Crippen LogP contribution is -2.51. The summed E-state index contributed by atoms with van der Waals surface area (Å²) >= 11 is 5.35. The van der Waals surface area contributed by atoms with E-state index in [1.165, 1.54) is 0 Å². The maximum atomic E-state index is 12.0. The van der Waals surface area contributed by atoms with Crippen LogP contribution in [0.4, 0.5) is 10.5 Å². The molecule has 0 heterocycles. The molecule has 1 aromatic rings. The third-order valence-corrected chi connectivity index (χ3v) is 7.08. The summed E-state index contributed by atoms with van der Waals surface area (Å²) < 4.78 is 11.1. The first-order chi connectivity index (χ1) is 23.0. The number of azide groups is 1. The highest BCUT2D eigenvalue weighted by molar-refractivity contribution is 7.80. The van der Waals surface area contributed by atoms with Crippen LogP contribution in [0, 0.1) is 0 Å². The number of carboxylic acids is 3. The van der Waals surface area contributed by atoms with Gasteiger partial charge in [0, 0.05) is 55.3 Å². The van der Waals surface area contributed by atoms with E-state index in [-0.39, 0.29) is 18.7 Å². The Hall–Kier alpha value is -4.51. The molecule has 1 rings (SSSR count). The number of carbonyl (C=O) groups excluding carboxylic acids is 2. The normalized spacial score (nSPS) is 11.8. The molecule has 18 heteroatoms. The van der Waals surface area contributed by atoms with Gasteiger partial charge < -0.3 is 46.1 Å². The van der Waals surface area contributed by atoms with Gasteiger partial charge in [-0.2, -0.15) is 0 Å². The summed E-state index contributed by atoms with van der Waals surface area (Å²) in [5, 5.41) is 40.9. The van der Waals surface area contributed by atoms with Crippen LogP contribution in [-0.2, 0) is 28.7 Å². The van der Waals surface area contributed by atoms with Gasteiger partial charge in [0.15, 0.2) is 0 Å². The van der Waals surface area contributed by atoms with Crippen molar-refractivity contribution in [3.63, 3.8) is 0 Å². The fraction of sp³-hybridized carbons (Fsp3) is 0.600. The molecule has 0 spiro atoms. The van der Waals surface area contributed by atoms with Crippen LogP contribution < -0.4 is 21.3 Å². The molecule has 2 atom stereocenters. The molecule has 1 aromatic carbocycles. The maximum absolute atomic E-state index is 12.0. The highest BCUT2D eigenvalue weighted by atomic mass is 32.1. The summed E-state index contributed by atoms with van der Waals surface area (Å²) in [6.45, 7) is 3.08. The lowest BCUT2D eigenvalue weighted by atomic mass is 10.1. The SMILES string of the molecule is [N-]=[N+]=Nc1ccc(C(=S)NCCCOCCOCCCCCC(=O)NCCCC[C@H](NC(=O)N[C@@H](CCC(=O)O)C(=O)O)C(=O)O)cc1. The number of aliphatic carboxylic acids is 3. The van der Waals surface area contributed by atoms with E-state index in [0.717, 1.165) is 24.8 Å². The number of hydrogen-bond acceptors (Lipinski definition) is 9. The van der Waals surface area contributed by atoms with E-state index in [9.17, 15) is 29.1 Å². The van der Waals surface area contributed by atoms with Crippen molar-refractivity contribution in [1.29, 1.82) is 0 Å². The zero-order valence-corrected chi connectivity index (χ0v) is 27.5. The van der Waals surface area contributed by atoms with Gasteiger partial charge in [-0.15, -0.1) is 0 Å². The predicted octanol–water partition coefficient (Wildman–Crippen LogP) is 3.23. The second kappa shape index (κ2) is 25.6. The number of urea groups is 1. The average molecular weight is 696 g/mol. The highest BCUT2D eigenvalue weighted by Gasteiger charge is 2.24. The number of ether oxygens (including phenoxy) is 2. The molecule has 0 radical (unpaired) electrons. The van der Waals surface area contributed by atoms with Crippen molar-refractivity contribution < 1.29 is 48.8 Å². The Bertz CT molecular complexity index is 1230. The van der Waals surface area contributed by atoms with E-state index in [1.54, 1.807) is 24.3 Å². The number of unbranched alkanes of at least 4 members (excludes halogenated alkanes) is 3. The topological polar surface area (TPSA) is 261 Å². The summed E-state index contributed by atoms with van der Waals surface area (Å²) in [7, 11) is 0. The van der Waals surface area contributed by atoms with Gasteiger partial charge in [0.05, 0.1) is 13.2 Å². The number of carbonyl (C=O) groups is 5. The van der Waals surface area contributed by atoms with Gasteiger partial charge in [-0.3, -0.25) is 9.59 Å². The molecule has 17 nitrogen and oxygen atoms in total. The van der Waals surface area contributed by atoms with Crippen molar-refractivity contribution in [2.45, 2.75) is 76.3 Å². The van der Waals surface area contributed by atoms with Gasteiger partial charge >= 0.3 is 23.9 Å². The summed E-state index contributed by atoms with van der Waals surface area (Å²) in [5.41, 5.74) is 9.81. The molecule has 0 aliphatic rings. The largest absolute Gasteiger partial charge is 0.481 e. The summed E-state index contributed by atoms with van der Waals surface area (Å²) in [6, 6.07) is 3.21. The summed E-state index contributed by atoms with van der Waals surface area (Å²) in [5.74, 6) is -4.08. The molecule has 0 aromatic heterocycles. The number of amides is 3. The van der Waals surface area contributed by atoms with Gasteiger partial charge in [-0.1, -0.05) is 48.0 Å². The van der Waals surface area contributed by atoms with Crippen molar-refractivity contribution >= 4 is 52.7 Å². The van der Waals surface area contributed by atoms with Crippen molar-refractivity contribution in [1.82, 2.24) is 21.3 Å². The third kappa shape index (κ3) is 20.6. The summed E-state index contributed by atoms with van der Waals surface area (Å²) in [6.07, 6.45) is 3.54. The summed E-state index contributed by atoms with van der Waals surface area (Å²) in [4.78, 5) is 60.8. The zero-order chi connectivity index (χ0) is 35.6. The van der Waals surface area contributed by atoms with Crippen LogP contribution in [0.15, 0.2) is 29.4 Å². The van der Waals surface area contributed by atoms with E-state index < -0.39 is 42.4 Å². The number of hydrogen-bond donors (Lipinski definition) is 7. The lowest BCUT2D eigenvalue weighted by molar-refractivity contribution is -0.140. The molecule has 0 aliphatic carbocycles. The minimum Gasteiger partial charge on any atom is -0.481 e. The molecule has 3 amide bonds. The highest BCUT2D eigenvalue weighted by Crippen LogP contribution is 2.13. The van der Waals surface area contributed by atoms with Crippen molar-refractivity contribution in [2.75, 3.05) is 39.5 Å². The van der Waals surface area contributed by atoms with E-state index in [0.29, 0.717) is 75.9 Å². The Labute approximate surface area is 283 Å². The second-order valence-corrected chi connectivity index (χ2v) is 11.0. The standard InChI is InChI=1S/C30H45N7O10S/c31-37-36-22-11-9-21(10-12-22)27(48)33-16-6-18-47-20-19-46-17-5-1-2-8-25(38)32-15-4-3-7-23(28(41)42)34-30(45)35-24(29(43)44)13-14-26(39)40/h9-12,23-24H,1-8,13-20H2,(H,32,38)(H,33,48)(H,39,40)(H,41,42)(H,43,44)(H2,34,35,45)/t23-,24-/m0/s1. The molecule has 48 heavy (non-hydrogen) atoms. The fourth-order valence-electron chi connectivity index (χ4n) is 4.13. The van der Waals surface area contributed by atoms with Crippen molar-refractivity contribution in [2.24, 2.45) is 5.11 Å². The van der Waals surface area contributed by atoms with E-state index in [4.69, 9.17) is 37.4 Å². The van der Waals surface area contributed by atoms with E-state index in [1.807, 2.05) is 0 Å². The monoisotopic (exact) mass is 695 g/mol. The third-order valence-electron chi connectivity index (χ3n) is 6.70. The number of nitrogens with one attached hydrogen (secondary N) is 4. The van der Waals surface area contributed by atoms with Crippen molar-refractivity contribution in [3.8, 4) is 0 Å². The minimum atomic E-state index is -1.47. The van der Waals surface area contributed by atoms with E-state index in [2.05, 4.69) is 31.3 Å². The van der Waals surface area contributed by atoms with Gasteiger partial charge in [0.25, 0.3) is 0 Å². The number of rotatable bonds is 27. The van der Waals surface area contributed by atoms with Crippen LogP contribution in [0.2, 0.25) is 0 Å². The lowest BCUT2D eigenvalue weighted by Gasteiger charge is -2.18. The first-order valence-electron chi connectivity index (χ1n) is 15.6. The van der Waals surface area contributed by atoms with Gasteiger partial charge in [0.1, 0.15) is 17.1 Å². The van der Waals surface area contributed by atoms with Crippen LogP contribution in [0.25, 0.3) is 10.4 Å². The fourth-order valence-corrected chi connectivity index (χ4v) is 4.37. The molecule has 0 saturated carbocycles. The molecule has 266 valence electrons. The van der Waals surface area contributed by atoms with Crippen LogP contribution >= 0.6 is 12.2 Å². The number of carboxylic acid groups (broad SMARTS) is 3. The van der Waals surface area contributed by atoms with Crippen LogP contribution in [0.1, 0.15) is 69.8 Å². The quantitative estimate of drug-likeness (QED) is 0.0230. The molecule has 7 N–H and O–H groups in total. The Morgan fingerprint density at radius 2 is 1.35 bits per heavy atom. The first kappa shape index (κ1) is 41.5. The zero-order valence-electron chi connectivity index (χ0n) is 26.7. The molecule has 0 unspecified atom stereocenters. The van der Waals surface area contributed by atoms with E-state index >= 15 is 0 Å². The molecular formula is C30H45N7O10S. The second-order valence-electron chi connectivity index (χ2n) is 10.6. The average Bonchev–Trinajstić information content (AvgIpc) is 3.04. The van der Waals surface area contributed by atoms with Crippen LogP contribution in [0.5, 0.6) is 0 Å². The number of nitrogens with zero attached hydrogens (tertiary/aromatic N) is 3. The van der Waals surface area contributed by atoms with Crippen LogP contribution in [0.3, 0.4) is 0 Å². The Morgan fingerprint density at radius 1 is 0.750 bits per heavy atom. The molecule has 0 bridgehead atoms. The molecule has 0 aliphatic heterocycles. The van der Waals surface area contributed by atoms with Crippen molar-refractivity contribution in [3.05, 3.63) is 40.3 Å². The van der Waals surface area contributed by atoms with Crippen LogP contribution in [-0.4, -0.2) is 102 Å². The molecule has 0 saturated heterocycles. The first-order valence-corrected chi connectivity index (χ1v) is 16.0. The number of thiocarbonyl (C=S) groups is 1. The van der Waals surface area contributed by atoms with Gasteiger partial charge in [-0.25, -0.2) is 14.4 Å².